The van der Waals surface area contributed by atoms with E-state index in [1.165, 1.54) is 0 Å². The van der Waals surface area contributed by atoms with Crippen molar-refractivity contribution in [1.82, 2.24) is 5.32 Å². The first kappa shape index (κ1) is 10.2. The van der Waals surface area contributed by atoms with Crippen molar-refractivity contribution in [3.63, 3.8) is 0 Å². The van der Waals surface area contributed by atoms with E-state index < -0.39 is 0 Å². The fourth-order valence-corrected chi connectivity index (χ4v) is 1.63. The van der Waals surface area contributed by atoms with Crippen LogP contribution in [-0.4, -0.2) is 18.6 Å². The van der Waals surface area contributed by atoms with Crippen LogP contribution in [0.2, 0.25) is 0 Å². The number of nitrogens with one attached hydrogen (secondary N) is 1. The Bertz CT molecular complexity index is 318. The van der Waals surface area contributed by atoms with E-state index in [1.54, 1.807) is 0 Å². The Morgan fingerprint density at radius 3 is 3.27 bits per heavy atom. The van der Waals surface area contributed by atoms with Crippen molar-refractivity contribution in [1.29, 1.82) is 0 Å². The van der Waals surface area contributed by atoms with Gasteiger partial charge in [-0.25, -0.2) is 0 Å². The maximum absolute atomic E-state index is 11.6. The number of carbonyl (C=O) groups excluding carboxylic acids is 1. The van der Waals surface area contributed by atoms with Gasteiger partial charge in [0.05, 0.1) is 0 Å². The van der Waals surface area contributed by atoms with Crippen LogP contribution in [0.5, 0.6) is 0 Å². The summed E-state index contributed by atoms with van der Waals surface area (Å²) in [4.78, 5) is 11.6. The number of hydrogen-bond donors (Lipinski definition) is 1. The molecule has 1 aromatic rings. The molecule has 1 aliphatic heterocycles. The number of benzene rings is 1. The summed E-state index contributed by atoms with van der Waals surface area (Å²) in [6.45, 7) is 1.26. The zero-order chi connectivity index (χ0) is 10.5. The lowest BCUT2D eigenvalue weighted by Gasteiger charge is -2.09. The summed E-state index contributed by atoms with van der Waals surface area (Å²) in [6, 6.07) is 10.6. The first-order valence-electron chi connectivity index (χ1n) is 5.20. The van der Waals surface area contributed by atoms with Crippen molar-refractivity contribution >= 4 is 5.91 Å². The molecule has 0 spiro atoms. The van der Waals surface area contributed by atoms with Gasteiger partial charge in [-0.1, -0.05) is 18.2 Å². The van der Waals surface area contributed by atoms with Crippen molar-refractivity contribution < 1.29 is 9.53 Å². The van der Waals surface area contributed by atoms with Gasteiger partial charge in [-0.3, -0.25) is 4.79 Å². The monoisotopic (exact) mass is 204 g/mol. The lowest BCUT2D eigenvalue weighted by atomic mass is 10.2. The molecular weight excluding hydrogens is 190 g/mol. The van der Waals surface area contributed by atoms with Crippen molar-refractivity contribution in [2.24, 2.45) is 0 Å². The van der Waals surface area contributed by atoms with E-state index in [0.29, 0.717) is 13.2 Å². The van der Waals surface area contributed by atoms with Gasteiger partial charge in [0.25, 0.3) is 0 Å². The highest BCUT2D eigenvalue weighted by molar-refractivity contribution is 5.80. The van der Waals surface area contributed by atoms with Gasteiger partial charge >= 0.3 is 0 Å². The lowest BCUT2D eigenvalue weighted by Crippen LogP contribution is -2.33. The minimum Gasteiger partial charge on any atom is -0.368 e. The molecule has 15 heavy (non-hydrogen) atoms. The van der Waals surface area contributed by atoms with E-state index in [9.17, 15) is 4.79 Å². The van der Waals surface area contributed by atoms with Crippen molar-refractivity contribution in [2.75, 3.05) is 6.61 Å². The van der Waals surface area contributed by atoms with E-state index in [2.05, 4.69) is 11.4 Å². The molecule has 0 aliphatic carbocycles. The van der Waals surface area contributed by atoms with Gasteiger partial charge in [0.15, 0.2) is 0 Å². The van der Waals surface area contributed by atoms with Crippen LogP contribution in [0.1, 0.15) is 18.4 Å². The zero-order valence-electron chi connectivity index (χ0n) is 8.53. The third-order valence-electron chi connectivity index (χ3n) is 2.46. The molecule has 3 nitrogen and oxygen atoms in total. The average molecular weight is 204 g/mol. The third-order valence-corrected chi connectivity index (χ3v) is 2.46. The van der Waals surface area contributed by atoms with Crippen molar-refractivity contribution in [3.05, 3.63) is 35.9 Å². The molecule has 0 bridgehead atoms. The molecule has 2 rings (SSSR count). The van der Waals surface area contributed by atoms with Gasteiger partial charge in [0, 0.05) is 13.2 Å². The van der Waals surface area contributed by atoms with Crippen LogP contribution in [0.3, 0.4) is 0 Å². The van der Waals surface area contributed by atoms with Crippen LogP contribution < -0.4 is 5.32 Å². The summed E-state index contributed by atoms with van der Waals surface area (Å²) < 4.78 is 5.28. The number of amides is 1. The summed E-state index contributed by atoms with van der Waals surface area (Å²) >= 11 is 0. The topological polar surface area (TPSA) is 38.3 Å². The molecule has 1 aliphatic rings. The molecule has 1 fully saturated rings. The Kier molecular flexibility index (Phi) is 3.35. The largest absolute Gasteiger partial charge is 0.368 e. The Labute approximate surface area is 89.4 Å². The van der Waals surface area contributed by atoms with Crippen LogP contribution in [0.4, 0.5) is 0 Å². The van der Waals surface area contributed by atoms with Gasteiger partial charge < -0.3 is 10.1 Å². The number of hydrogen-bond acceptors (Lipinski definition) is 2. The Balaban J connectivity index is 1.80. The van der Waals surface area contributed by atoms with Gasteiger partial charge in [0.2, 0.25) is 5.91 Å². The second kappa shape index (κ2) is 4.94. The molecule has 0 aromatic heterocycles. The molecular formula is C12H14NO2. The van der Waals surface area contributed by atoms with E-state index in [-0.39, 0.29) is 12.0 Å². The summed E-state index contributed by atoms with van der Waals surface area (Å²) in [5, 5.41) is 2.86. The Hall–Kier alpha value is -1.35. The molecule has 1 N–H and O–H groups in total. The average Bonchev–Trinajstić information content (AvgIpc) is 2.81. The first-order valence-corrected chi connectivity index (χ1v) is 5.20. The quantitative estimate of drug-likeness (QED) is 0.805. The zero-order valence-corrected chi connectivity index (χ0v) is 8.53. The van der Waals surface area contributed by atoms with Gasteiger partial charge in [-0.2, -0.15) is 0 Å². The number of rotatable bonds is 3. The second-order valence-electron chi connectivity index (χ2n) is 3.63. The first-order chi connectivity index (χ1) is 7.36. The SMILES string of the molecule is O=C(NCc1c[c]ccc1)[C@@H]1CCCO1. The van der Waals surface area contributed by atoms with Crippen molar-refractivity contribution in [2.45, 2.75) is 25.5 Å². The predicted octanol–water partition coefficient (Wildman–Crippen LogP) is 1.28. The Morgan fingerprint density at radius 1 is 1.67 bits per heavy atom. The highest BCUT2D eigenvalue weighted by Crippen LogP contribution is 2.11. The number of carbonyl (C=O) groups is 1. The maximum atomic E-state index is 11.6. The van der Waals surface area contributed by atoms with E-state index in [4.69, 9.17) is 4.74 Å². The maximum Gasteiger partial charge on any atom is 0.249 e. The van der Waals surface area contributed by atoms with E-state index in [0.717, 1.165) is 18.4 Å². The smallest absolute Gasteiger partial charge is 0.249 e. The minimum atomic E-state index is -0.238. The fourth-order valence-electron chi connectivity index (χ4n) is 1.63. The van der Waals surface area contributed by atoms with Gasteiger partial charge in [-0.15, -0.1) is 0 Å². The molecule has 1 radical (unpaired) electrons. The molecule has 0 unspecified atom stereocenters. The van der Waals surface area contributed by atoms with Crippen LogP contribution in [0, 0.1) is 6.07 Å². The molecule has 1 saturated heterocycles. The second-order valence-corrected chi connectivity index (χ2v) is 3.63. The third kappa shape index (κ3) is 2.80. The van der Waals surface area contributed by atoms with E-state index in [1.807, 2.05) is 24.3 Å². The van der Waals surface area contributed by atoms with Crippen LogP contribution in [0.25, 0.3) is 0 Å². The van der Waals surface area contributed by atoms with Gasteiger partial charge in [0.1, 0.15) is 6.10 Å². The van der Waals surface area contributed by atoms with E-state index >= 15 is 0 Å². The highest BCUT2D eigenvalue weighted by atomic mass is 16.5. The minimum absolute atomic E-state index is 0.00338. The van der Waals surface area contributed by atoms with Crippen LogP contribution >= 0.6 is 0 Å². The summed E-state index contributed by atoms with van der Waals surface area (Å²) in [5.41, 5.74) is 1.06. The highest BCUT2D eigenvalue weighted by Gasteiger charge is 2.22. The normalized spacial score (nSPS) is 20.1. The Morgan fingerprint density at radius 2 is 2.60 bits per heavy atom. The molecule has 1 amide bonds. The molecule has 79 valence electrons. The number of ether oxygens (including phenoxy) is 1. The summed E-state index contributed by atoms with van der Waals surface area (Å²) in [6.07, 6.45) is 1.59. The van der Waals surface area contributed by atoms with Crippen molar-refractivity contribution in [3.8, 4) is 0 Å². The molecule has 1 aromatic carbocycles. The van der Waals surface area contributed by atoms with Gasteiger partial charge in [-0.05, 0) is 30.5 Å². The predicted molar refractivity (Wildman–Crippen MR) is 56.1 cm³/mol. The van der Waals surface area contributed by atoms with Crippen LogP contribution in [-0.2, 0) is 16.1 Å². The molecule has 0 saturated carbocycles. The molecule has 1 heterocycles. The van der Waals surface area contributed by atoms with Crippen LogP contribution in [0.15, 0.2) is 24.3 Å². The fraction of sp³-hybridized carbons (Fsp3) is 0.417. The lowest BCUT2D eigenvalue weighted by molar-refractivity contribution is -0.130. The molecule has 3 heteroatoms. The summed E-state index contributed by atoms with van der Waals surface area (Å²) in [5.74, 6) is -0.00338. The summed E-state index contributed by atoms with van der Waals surface area (Å²) in [7, 11) is 0. The standard InChI is InChI=1S/C12H14NO2/c14-12(11-7-4-8-15-11)13-9-10-5-2-1-3-6-10/h1-2,5-6,11H,4,7-9H2,(H,13,14)/t11-/m0/s1. The molecule has 1 atom stereocenters.